The molecule has 1 atom stereocenters. The van der Waals surface area contributed by atoms with Crippen molar-refractivity contribution < 1.29 is 13.2 Å². The third-order valence-electron chi connectivity index (χ3n) is 4.57. The summed E-state index contributed by atoms with van der Waals surface area (Å²) >= 11 is 0. The molecule has 0 saturated carbocycles. The Morgan fingerprint density at radius 1 is 0.857 bits per heavy atom. The fourth-order valence-corrected chi connectivity index (χ4v) is 2.95. The molecule has 0 aliphatic heterocycles. The fraction of sp³-hybridized carbons (Fsp3) is 0.647. The molecular weight excluding hydrogens is 275 g/mol. The van der Waals surface area contributed by atoms with Crippen LogP contribution >= 0.6 is 0 Å². The van der Waals surface area contributed by atoms with E-state index in [0.717, 1.165) is 16.7 Å². The van der Waals surface area contributed by atoms with Crippen LogP contribution in [0, 0.1) is 34.6 Å². The van der Waals surface area contributed by atoms with Gasteiger partial charge in [0, 0.05) is 12.5 Å². The van der Waals surface area contributed by atoms with Crippen LogP contribution in [0.2, 0.25) is 0 Å². The lowest BCUT2D eigenvalue weighted by Gasteiger charge is -2.26. The quantitative estimate of drug-likeness (QED) is 0.786. The first kappa shape index (κ1) is 18.0. The lowest BCUT2D eigenvalue weighted by Crippen LogP contribution is -2.25. The van der Waals surface area contributed by atoms with Gasteiger partial charge < -0.3 is 5.32 Å². The van der Waals surface area contributed by atoms with Gasteiger partial charge in [0.25, 0.3) is 0 Å². The summed E-state index contributed by atoms with van der Waals surface area (Å²) in [5, 5.41) is 3.23. The summed E-state index contributed by atoms with van der Waals surface area (Å²) in [6.45, 7) is 12.8. The second-order valence-electron chi connectivity index (χ2n) is 5.80. The molecule has 1 unspecified atom stereocenters. The molecule has 0 aliphatic carbocycles. The van der Waals surface area contributed by atoms with Crippen LogP contribution in [0.5, 0.6) is 0 Å². The van der Waals surface area contributed by atoms with Gasteiger partial charge in [-0.2, -0.15) is 13.2 Å². The molecule has 0 amide bonds. The predicted octanol–water partition coefficient (Wildman–Crippen LogP) is 5.22. The summed E-state index contributed by atoms with van der Waals surface area (Å²) in [7, 11) is 0. The van der Waals surface area contributed by atoms with Crippen molar-refractivity contribution >= 4 is 0 Å². The summed E-state index contributed by atoms with van der Waals surface area (Å²) in [6.07, 6.45) is -4.78. The molecule has 1 N–H and O–H groups in total. The minimum absolute atomic E-state index is 0.0843. The van der Waals surface area contributed by atoms with Crippen LogP contribution in [0.3, 0.4) is 0 Å². The van der Waals surface area contributed by atoms with E-state index in [1.165, 1.54) is 16.7 Å². The minimum atomic E-state index is -4.11. The van der Waals surface area contributed by atoms with E-state index < -0.39 is 12.6 Å². The van der Waals surface area contributed by atoms with Gasteiger partial charge in [0.15, 0.2) is 0 Å². The summed E-state index contributed by atoms with van der Waals surface area (Å²) in [4.78, 5) is 0. The number of hydrogen-bond acceptors (Lipinski definition) is 1. The molecule has 4 heteroatoms. The highest BCUT2D eigenvalue weighted by molar-refractivity contribution is 5.50. The number of hydrogen-bond donors (Lipinski definition) is 1. The van der Waals surface area contributed by atoms with E-state index in [1.54, 1.807) is 0 Å². The number of nitrogens with one attached hydrogen (secondary N) is 1. The monoisotopic (exact) mass is 301 g/mol. The Hall–Kier alpha value is -1.03. The second kappa shape index (κ2) is 6.82. The molecule has 0 saturated heterocycles. The Morgan fingerprint density at radius 2 is 1.29 bits per heavy atom. The Morgan fingerprint density at radius 3 is 1.67 bits per heavy atom. The van der Waals surface area contributed by atoms with E-state index in [9.17, 15) is 13.2 Å². The third-order valence-corrected chi connectivity index (χ3v) is 4.57. The maximum Gasteiger partial charge on any atom is 0.389 e. The first-order chi connectivity index (χ1) is 9.60. The number of rotatable bonds is 5. The SMILES string of the molecule is CCNC(CCC(F)(F)F)c1c(C)c(C)c(C)c(C)c1C. The Balaban J connectivity index is 3.25. The highest BCUT2D eigenvalue weighted by Gasteiger charge is 2.30. The van der Waals surface area contributed by atoms with Crippen molar-refractivity contribution in [2.75, 3.05) is 6.54 Å². The maximum absolute atomic E-state index is 12.6. The van der Waals surface area contributed by atoms with E-state index in [2.05, 4.69) is 12.2 Å². The maximum atomic E-state index is 12.6. The van der Waals surface area contributed by atoms with Gasteiger partial charge in [-0.25, -0.2) is 0 Å². The number of alkyl halides is 3. The van der Waals surface area contributed by atoms with Gasteiger partial charge >= 0.3 is 6.18 Å². The van der Waals surface area contributed by atoms with E-state index in [1.807, 2.05) is 34.6 Å². The van der Waals surface area contributed by atoms with E-state index in [4.69, 9.17) is 0 Å². The predicted molar refractivity (Wildman–Crippen MR) is 81.8 cm³/mol. The van der Waals surface area contributed by atoms with Crippen LogP contribution in [0.15, 0.2) is 0 Å². The Kier molecular flexibility index (Phi) is 5.85. The van der Waals surface area contributed by atoms with Gasteiger partial charge in [0.05, 0.1) is 0 Å². The summed E-state index contributed by atoms with van der Waals surface area (Å²) in [5.41, 5.74) is 6.87. The third kappa shape index (κ3) is 4.22. The molecule has 1 aromatic rings. The molecule has 21 heavy (non-hydrogen) atoms. The fourth-order valence-electron chi connectivity index (χ4n) is 2.95. The number of benzene rings is 1. The van der Waals surface area contributed by atoms with Crippen LogP contribution in [0.25, 0.3) is 0 Å². The normalized spacial score (nSPS) is 13.6. The molecule has 0 bridgehead atoms. The summed E-state index contributed by atoms with van der Waals surface area (Å²) in [5.74, 6) is 0. The average molecular weight is 301 g/mol. The smallest absolute Gasteiger partial charge is 0.310 e. The topological polar surface area (TPSA) is 12.0 Å². The molecule has 0 aromatic heterocycles. The number of halogens is 3. The molecular formula is C17H26F3N. The molecule has 1 aromatic carbocycles. The minimum Gasteiger partial charge on any atom is -0.310 e. The van der Waals surface area contributed by atoms with E-state index in [0.29, 0.717) is 6.54 Å². The molecule has 0 aliphatic rings. The zero-order valence-corrected chi connectivity index (χ0v) is 13.8. The molecule has 1 rings (SSSR count). The highest BCUT2D eigenvalue weighted by Crippen LogP contribution is 2.34. The highest BCUT2D eigenvalue weighted by atomic mass is 19.4. The average Bonchev–Trinajstić information content (AvgIpc) is 2.39. The van der Waals surface area contributed by atoms with Gasteiger partial charge in [-0.3, -0.25) is 0 Å². The molecule has 0 radical (unpaired) electrons. The van der Waals surface area contributed by atoms with Crippen LogP contribution in [-0.4, -0.2) is 12.7 Å². The van der Waals surface area contributed by atoms with E-state index in [-0.39, 0.29) is 12.5 Å². The molecule has 0 spiro atoms. The van der Waals surface area contributed by atoms with Crippen LogP contribution < -0.4 is 5.32 Å². The zero-order valence-electron chi connectivity index (χ0n) is 13.8. The van der Waals surface area contributed by atoms with Gasteiger partial charge in [0.2, 0.25) is 0 Å². The molecule has 0 heterocycles. The van der Waals surface area contributed by atoms with Crippen molar-refractivity contribution in [1.29, 1.82) is 0 Å². The van der Waals surface area contributed by atoms with E-state index >= 15 is 0 Å². The standard InChI is InChI=1S/C17H26F3N/c1-7-21-15(8-9-17(18,19)20)16-13(5)11(3)10(2)12(4)14(16)6/h15,21H,7-9H2,1-6H3. The molecule has 1 nitrogen and oxygen atoms in total. The van der Waals surface area contributed by atoms with Gasteiger partial charge in [0.1, 0.15) is 0 Å². The largest absolute Gasteiger partial charge is 0.389 e. The summed E-state index contributed by atoms with van der Waals surface area (Å²) < 4.78 is 37.7. The lowest BCUT2D eigenvalue weighted by molar-refractivity contribution is -0.136. The Bertz CT molecular complexity index is 475. The Labute approximate surface area is 125 Å². The summed E-state index contributed by atoms with van der Waals surface area (Å²) in [6, 6.07) is -0.241. The second-order valence-corrected chi connectivity index (χ2v) is 5.80. The van der Waals surface area contributed by atoms with Crippen LogP contribution in [0.4, 0.5) is 13.2 Å². The van der Waals surface area contributed by atoms with Crippen LogP contribution in [0.1, 0.15) is 59.2 Å². The van der Waals surface area contributed by atoms with Gasteiger partial charge in [-0.15, -0.1) is 0 Å². The van der Waals surface area contributed by atoms with Crippen molar-refractivity contribution in [3.63, 3.8) is 0 Å². The first-order valence-electron chi connectivity index (χ1n) is 7.47. The molecule has 0 fully saturated rings. The lowest BCUT2D eigenvalue weighted by atomic mass is 9.85. The van der Waals surface area contributed by atoms with Crippen molar-refractivity contribution in [3.8, 4) is 0 Å². The zero-order chi connectivity index (χ0) is 16.4. The first-order valence-corrected chi connectivity index (χ1v) is 7.47. The van der Waals surface area contributed by atoms with Crippen molar-refractivity contribution in [2.24, 2.45) is 0 Å². The van der Waals surface area contributed by atoms with Crippen LogP contribution in [-0.2, 0) is 0 Å². The molecule has 120 valence electrons. The van der Waals surface area contributed by atoms with Crippen molar-refractivity contribution in [1.82, 2.24) is 5.32 Å². The van der Waals surface area contributed by atoms with Gasteiger partial charge in [-0.1, -0.05) is 6.92 Å². The van der Waals surface area contributed by atoms with Gasteiger partial charge in [-0.05, 0) is 81.0 Å². The van der Waals surface area contributed by atoms with Crippen molar-refractivity contribution in [2.45, 2.75) is 66.6 Å². The van der Waals surface area contributed by atoms with Crippen molar-refractivity contribution in [3.05, 3.63) is 33.4 Å².